The normalized spacial score (nSPS) is 15.8. The van der Waals surface area contributed by atoms with E-state index in [0.29, 0.717) is 18.4 Å². The number of nitrogens with one attached hydrogen (secondary N) is 1. The van der Waals surface area contributed by atoms with Crippen molar-refractivity contribution in [3.63, 3.8) is 0 Å². The monoisotopic (exact) mass is 401 g/mol. The standard InChI is InChI=1S/C21H23NO5S/c1-27-21(24)10-9-20(23)17-8-7-16-12-19(13-18(16)11-17)22-28(25,26)14-15-5-3-2-4-6-15/h2-8,11,19,22H,9-10,12-14H2,1H3. The molecule has 148 valence electrons. The lowest BCUT2D eigenvalue weighted by Gasteiger charge is -2.12. The van der Waals surface area contributed by atoms with Crippen molar-refractivity contribution < 1.29 is 22.7 Å². The van der Waals surface area contributed by atoms with E-state index in [1.807, 2.05) is 24.3 Å². The molecule has 0 heterocycles. The minimum Gasteiger partial charge on any atom is -0.469 e. The van der Waals surface area contributed by atoms with Crippen molar-refractivity contribution >= 4 is 21.8 Å². The van der Waals surface area contributed by atoms with E-state index in [2.05, 4.69) is 9.46 Å². The van der Waals surface area contributed by atoms with E-state index in [1.165, 1.54) is 7.11 Å². The van der Waals surface area contributed by atoms with E-state index < -0.39 is 16.0 Å². The Morgan fingerprint density at radius 3 is 2.46 bits per heavy atom. The summed E-state index contributed by atoms with van der Waals surface area (Å²) in [7, 11) is -2.16. The number of ketones is 1. The first kappa shape index (κ1) is 20.2. The highest BCUT2D eigenvalue weighted by molar-refractivity contribution is 7.88. The molecule has 0 saturated heterocycles. The Kier molecular flexibility index (Phi) is 6.26. The van der Waals surface area contributed by atoms with E-state index in [4.69, 9.17) is 0 Å². The molecule has 1 aliphatic carbocycles. The second-order valence-electron chi connectivity index (χ2n) is 6.95. The number of Topliss-reactive ketones (excluding diaryl/α,β-unsaturated/α-hetero) is 1. The lowest BCUT2D eigenvalue weighted by molar-refractivity contribution is -0.140. The van der Waals surface area contributed by atoms with Crippen LogP contribution in [-0.4, -0.2) is 33.3 Å². The molecule has 1 aliphatic rings. The number of hydrogen-bond acceptors (Lipinski definition) is 5. The highest BCUT2D eigenvalue weighted by atomic mass is 32.2. The molecule has 0 aromatic heterocycles. The predicted molar refractivity (Wildman–Crippen MR) is 105 cm³/mol. The molecule has 7 heteroatoms. The van der Waals surface area contributed by atoms with E-state index in [9.17, 15) is 18.0 Å². The third-order valence-corrected chi connectivity index (χ3v) is 6.20. The minimum absolute atomic E-state index is 0.0499. The van der Waals surface area contributed by atoms with Gasteiger partial charge >= 0.3 is 5.97 Å². The summed E-state index contributed by atoms with van der Waals surface area (Å²) in [5.41, 5.74) is 3.28. The Hall–Kier alpha value is -2.51. The number of fused-ring (bicyclic) bond motifs is 1. The van der Waals surface area contributed by atoms with Gasteiger partial charge in [0.25, 0.3) is 0 Å². The molecule has 1 N–H and O–H groups in total. The van der Waals surface area contributed by atoms with Crippen LogP contribution in [0.2, 0.25) is 0 Å². The average molecular weight is 401 g/mol. The molecular weight excluding hydrogens is 378 g/mol. The first-order valence-electron chi connectivity index (χ1n) is 9.12. The maximum Gasteiger partial charge on any atom is 0.305 e. The van der Waals surface area contributed by atoms with Crippen molar-refractivity contribution in [2.75, 3.05) is 7.11 Å². The van der Waals surface area contributed by atoms with Crippen LogP contribution in [0.3, 0.4) is 0 Å². The van der Waals surface area contributed by atoms with Gasteiger partial charge in [-0.3, -0.25) is 9.59 Å². The maximum absolute atomic E-state index is 12.5. The Labute approximate surface area is 165 Å². The van der Waals surface area contributed by atoms with Crippen molar-refractivity contribution in [1.29, 1.82) is 0 Å². The van der Waals surface area contributed by atoms with Gasteiger partial charge in [-0.2, -0.15) is 0 Å². The molecule has 0 aliphatic heterocycles. The fraction of sp³-hybridized carbons (Fsp3) is 0.333. The lowest BCUT2D eigenvalue weighted by Crippen LogP contribution is -2.36. The minimum atomic E-state index is -3.45. The second-order valence-corrected chi connectivity index (χ2v) is 8.70. The number of sulfonamides is 1. The largest absolute Gasteiger partial charge is 0.469 e. The second kappa shape index (κ2) is 8.67. The summed E-state index contributed by atoms with van der Waals surface area (Å²) in [6.45, 7) is 0. The summed E-state index contributed by atoms with van der Waals surface area (Å²) in [5, 5.41) is 0. The SMILES string of the molecule is COC(=O)CCC(=O)c1ccc2c(c1)CC(NS(=O)(=O)Cc1ccccc1)C2. The maximum atomic E-state index is 12.5. The smallest absolute Gasteiger partial charge is 0.305 e. The van der Waals surface area contributed by atoms with Crippen molar-refractivity contribution in [2.24, 2.45) is 0 Å². The fourth-order valence-electron chi connectivity index (χ4n) is 3.43. The summed E-state index contributed by atoms with van der Waals surface area (Å²) >= 11 is 0. The van der Waals surface area contributed by atoms with Gasteiger partial charge in [0.15, 0.2) is 5.78 Å². The Morgan fingerprint density at radius 2 is 1.75 bits per heavy atom. The molecule has 1 unspecified atom stereocenters. The summed E-state index contributed by atoms with van der Waals surface area (Å²) in [6, 6.07) is 14.2. The average Bonchev–Trinajstić information content (AvgIpc) is 3.06. The van der Waals surface area contributed by atoms with Gasteiger partial charge in [0.1, 0.15) is 0 Å². The van der Waals surface area contributed by atoms with Crippen LogP contribution in [0.5, 0.6) is 0 Å². The summed E-state index contributed by atoms with van der Waals surface area (Å²) in [4.78, 5) is 23.5. The van der Waals surface area contributed by atoms with Crippen LogP contribution >= 0.6 is 0 Å². The van der Waals surface area contributed by atoms with Gasteiger partial charge in [-0.1, -0.05) is 42.5 Å². The number of carbonyl (C=O) groups is 2. The van der Waals surface area contributed by atoms with E-state index >= 15 is 0 Å². The molecule has 28 heavy (non-hydrogen) atoms. The molecule has 0 spiro atoms. The summed E-state index contributed by atoms with van der Waals surface area (Å²) < 4.78 is 32.2. The summed E-state index contributed by atoms with van der Waals surface area (Å²) in [6.07, 6.45) is 1.29. The van der Waals surface area contributed by atoms with E-state index in [0.717, 1.165) is 16.7 Å². The molecule has 0 amide bonds. The van der Waals surface area contributed by atoms with E-state index in [-0.39, 0.29) is 30.4 Å². The van der Waals surface area contributed by atoms with Crippen molar-refractivity contribution in [2.45, 2.75) is 37.5 Å². The molecule has 6 nitrogen and oxygen atoms in total. The third kappa shape index (κ3) is 5.27. The van der Waals surface area contributed by atoms with Gasteiger partial charge in [0.2, 0.25) is 10.0 Å². The number of ether oxygens (including phenoxy) is 1. The first-order valence-corrected chi connectivity index (χ1v) is 10.8. The molecule has 0 bridgehead atoms. The zero-order valence-corrected chi connectivity index (χ0v) is 16.5. The van der Waals surface area contributed by atoms with Gasteiger partial charge in [-0.25, -0.2) is 13.1 Å². The van der Waals surface area contributed by atoms with E-state index in [1.54, 1.807) is 24.3 Å². The highest BCUT2D eigenvalue weighted by Crippen LogP contribution is 2.25. The number of hydrogen-bond donors (Lipinski definition) is 1. The van der Waals surface area contributed by atoms with Crippen LogP contribution in [-0.2, 0) is 38.1 Å². The van der Waals surface area contributed by atoms with Crippen molar-refractivity contribution in [3.05, 3.63) is 70.8 Å². The number of esters is 1. The molecule has 2 aromatic rings. The van der Waals surface area contributed by atoms with Gasteiger partial charge in [0.05, 0.1) is 19.3 Å². The van der Waals surface area contributed by atoms with Crippen LogP contribution in [0.4, 0.5) is 0 Å². The van der Waals surface area contributed by atoms with Gasteiger partial charge in [-0.05, 0) is 35.6 Å². The summed E-state index contributed by atoms with van der Waals surface area (Å²) in [5.74, 6) is -0.596. The van der Waals surface area contributed by atoms with Gasteiger partial charge < -0.3 is 4.74 Å². The number of benzene rings is 2. The Bertz CT molecular complexity index is 970. The molecule has 0 saturated carbocycles. The number of rotatable bonds is 8. The van der Waals surface area contributed by atoms with Crippen LogP contribution in [0.15, 0.2) is 48.5 Å². The van der Waals surface area contributed by atoms with Crippen molar-refractivity contribution in [1.82, 2.24) is 4.72 Å². The third-order valence-electron chi connectivity index (χ3n) is 4.79. The highest BCUT2D eigenvalue weighted by Gasteiger charge is 2.26. The molecule has 0 radical (unpaired) electrons. The Balaban J connectivity index is 1.61. The molecule has 2 aromatic carbocycles. The van der Waals surface area contributed by atoms with Crippen LogP contribution in [0, 0.1) is 0 Å². The quantitative estimate of drug-likeness (QED) is 0.542. The van der Waals surface area contributed by atoms with Crippen molar-refractivity contribution in [3.8, 4) is 0 Å². The van der Waals surface area contributed by atoms with Crippen LogP contribution < -0.4 is 4.72 Å². The van der Waals surface area contributed by atoms with Crippen LogP contribution in [0.1, 0.15) is 39.9 Å². The first-order chi connectivity index (χ1) is 13.4. The van der Waals surface area contributed by atoms with Gasteiger partial charge in [-0.15, -0.1) is 0 Å². The number of carbonyl (C=O) groups excluding carboxylic acids is 2. The van der Waals surface area contributed by atoms with Crippen LogP contribution in [0.25, 0.3) is 0 Å². The predicted octanol–water partition coefficient (Wildman–Crippen LogP) is 2.41. The molecular formula is C21H23NO5S. The zero-order valence-electron chi connectivity index (χ0n) is 15.7. The molecule has 0 fully saturated rings. The topological polar surface area (TPSA) is 89.5 Å². The molecule has 3 rings (SSSR count). The lowest BCUT2D eigenvalue weighted by atomic mass is 10.0. The van der Waals surface area contributed by atoms with Gasteiger partial charge in [0, 0.05) is 18.0 Å². The number of methoxy groups -OCH3 is 1. The zero-order chi connectivity index (χ0) is 20.1. The Morgan fingerprint density at radius 1 is 1.04 bits per heavy atom. The fourth-order valence-corrected chi connectivity index (χ4v) is 4.82. The molecule has 1 atom stereocenters.